The van der Waals surface area contributed by atoms with Gasteiger partial charge in [0.1, 0.15) is 12.2 Å². The monoisotopic (exact) mass is 421 g/mol. The van der Waals surface area contributed by atoms with Gasteiger partial charge in [0, 0.05) is 22.0 Å². The molecule has 0 saturated carbocycles. The van der Waals surface area contributed by atoms with Crippen molar-refractivity contribution in [2.24, 2.45) is 5.14 Å². The van der Waals surface area contributed by atoms with Gasteiger partial charge >= 0.3 is 11.6 Å². The highest BCUT2D eigenvalue weighted by Gasteiger charge is 2.17. The van der Waals surface area contributed by atoms with Gasteiger partial charge in [-0.2, -0.15) is 0 Å². The van der Waals surface area contributed by atoms with Gasteiger partial charge in [0.05, 0.1) is 10.5 Å². The maximum absolute atomic E-state index is 12.5. The van der Waals surface area contributed by atoms with E-state index in [1.54, 1.807) is 26.0 Å². The molecular weight excluding hydrogens is 406 g/mol. The molecule has 0 aliphatic carbocycles. The smallest absolute Gasteiger partial charge is 0.338 e. The Morgan fingerprint density at radius 1 is 1.14 bits per heavy atom. The molecule has 3 aromatic rings. The van der Waals surface area contributed by atoms with Gasteiger partial charge in [0.25, 0.3) is 0 Å². The van der Waals surface area contributed by atoms with Crippen molar-refractivity contribution in [1.82, 2.24) is 0 Å². The first kappa shape index (κ1) is 20.1. The van der Waals surface area contributed by atoms with Crippen LogP contribution in [0.3, 0.4) is 0 Å². The number of carbonyl (C=O) groups excluding carboxylic acids is 1. The van der Waals surface area contributed by atoms with Crippen LogP contribution < -0.4 is 10.8 Å². The van der Waals surface area contributed by atoms with E-state index in [4.69, 9.17) is 25.9 Å². The number of fused-ring (bicyclic) bond motifs is 1. The number of rotatable bonds is 4. The fourth-order valence-corrected chi connectivity index (χ4v) is 3.39. The molecule has 0 bridgehead atoms. The molecule has 0 radical (unpaired) electrons. The number of ether oxygens (including phenoxy) is 1. The number of hydrogen-bond acceptors (Lipinski definition) is 6. The Morgan fingerprint density at radius 3 is 2.54 bits per heavy atom. The summed E-state index contributed by atoms with van der Waals surface area (Å²) in [5.41, 5.74) is 1.48. The van der Waals surface area contributed by atoms with Crippen molar-refractivity contribution < 1.29 is 22.4 Å². The summed E-state index contributed by atoms with van der Waals surface area (Å²) in [7, 11) is -3.96. The van der Waals surface area contributed by atoms with Gasteiger partial charge in [-0.05, 0) is 49.2 Å². The van der Waals surface area contributed by atoms with Crippen LogP contribution in [-0.2, 0) is 21.4 Å². The number of esters is 1. The van der Waals surface area contributed by atoms with Crippen molar-refractivity contribution in [3.05, 3.63) is 74.1 Å². The third-order valence-corrected chi connectivity index (χ3v) is 5.54. The van der Waals surface area contributed by atoms with Crippen LogP contribution in [0.4, 0.5) is 0 Å². The summed E-state index contributed by atoms with van der Waals surface area (Å²) in [6.45, 7) is 3.19. The lowest BCUT2D eigenvalue weighted by molar-refractivity contribution is 0.0472. The van der Waals surface area contributed by atoms with E-state index in [0.717, 1.165) is 11.6 Å². The number of carbonyl (C=O) groups is 1. The van der Waals surface area contributed by atoms with Crippen LogP contribution in [0.15, 0.2) is 50.5 Å². The van der Waals surface area contributed by atoms with E-state index in [2.05, 4.69) is 0 Å². The Bertz CT molecular complexity index is 1260. The van der Waals surface area contributed by atoms with Gasteiger partial charge in [-0.25, -0.2) is 23.1 Å². The first-order chi connectivity index (χ1) is 13.1. The number of halogens is 1. The largest absolute Gasteiger partial charge is 0.457 e. The molecule has 0 amide bonds. The molecule has 1 aromatic heterocycles. The molecule has 9 heteroatoms. The zero-order valence-electron chi connectivity index (χ0n) is 15.0. The van der Waals surface area contributed by atoms with Crippen molar-refractivity contribution in [2.75, 3.05) is 0 Å². The highest BCUT2D eigenvalue weighted by atomic mass is 35.5. The number of benzene rings is 2. The van der Waals surface area contributed by atoms with Crippen LogP contribution in [0.2, 0.25) is 5.02 Å². The summed E-state index contributed by atoms with van der Waals surface area (Å²) < 4.78 is 33.5. The first-order valence-electron chi connectivity index (χ1n) is 8.10. The minimum absolute atomic E-state index is 0.0627. The van der Waals surface area contributed by atoms with Gasteiger partial charge < -0.3 is 9.15 Å². The van der Waals surface area contributed by atoms with E-state index < -0.39 is 21.6 Å². The lowest BCUT2D eigenvalue weighted by atomic mass is 10.1. The molecule has 0 unspecified atom stereocenters. The molecule has 0 atom stereocenters. The van der Waals surface area contributed by atoms with Crippen LogP contribution in [0.1, 0.15) is 27.0 Å². The molecule has 1 heterocycles. The van der Waals surface area contributed by atoms with E-state index in [1.807, 2.05) is 0 Å². The average Bonchev–Trinajstić information content (AvgIpc) is 2.60. The lowest BCUT2D eigenvalue weighted by Crippen LogP contribution is -2.14. The van der Waals surface area contributed by atoms with E-state index >= 15 is 0 Å². The van der Waals surface area contributed by atoms with Crippen LogP contribution in [0, 0.1) is 13.8 Å². The molecular formula is C19H16ClNO6S. The van der Waals surface area contributed by atoms with Crippen LogP contribution >= 0.6 is 11.6 Å². The van der Waals surface area contributed by atoms with E-state index in [1.165, 1.54) is 18.2 Å². The molecule has 0 spiro atoms. The fourth-order valence-electron chi connectivity index (χ4n) is 2.69. The third kappa shape index (κ3) is 4.09. The van der Waals surface area contributed by atoms with Crippen molar-refractivity contribution in [1.29, 1.82) is 0 Å². The Kier molecular flexibility index (Phi) is 5.29. The number of aryl methyl sites for hydroxylation is 2. The molecule has 2 aromatic carbocycles. The molecule has 2 N–H and O–H groups in total. The second kappa shape index (κ2) is 7.38. The Balaban J connectivity index is 1.94. The average molecular weight is 422 g/mol. The maximum Gasteiger partial charge on any atom is 0.338 e. The molecule has 0 aliphatic rings. The Labute approximate surface area is 165 Å². The van der Waals surface area contributed by atoms with E-state index in [-0.39, 0.29) is 17.1 Å². The fraction of sp³-hybridized carbons (Fsp3) is 0.158. The van der Waals surface area contributed by atoms with E-state index in [0.29, 0.717) is 27.1 Å². The quantitative estimate of drug-likeness (QED) is 0.511. The summed E-state index contributed by atoms with van der Waals surface area (Å²) >= 11 is 6.14. The van der Waals surface area contributed by atoms with Gasteiger partial charge in [0.2, 0.25) is 10.0 Å². The van der Waals surface area contributed by atoms with Gasteiger partial charge in [-0.1, -0.05) is 17.7 Å². The highest BCUT2D eigenvalue weighted by molar-refractivity contribution is 7.89. The second-order valence-corrected chi connectivity index (χ2v) is 8.25. The summed E-state index contributed by atoms with van der Waals surface area (Å²) in [5.74, 6) is -0.748. The number of sulfonamides is 1. The summed E-state index contributed by atoms with van der Waals surface area (Å²) in [6.07, 6.45) is 0. The number of nitrogens with two attached hydrogens (primary N) is 1. The van der Waals surface area contributed by atoms with Gasteiger partial charge in [-0.3, -0.25) is 0 Å². The van der Waals surface area contributed by atoms with Crippen molar-refractivity contribution in [2.45, 2.75) is 25.3 Å². The summed E-state index contributed by atoms with van der Waals surface area (Å²) in [4.78, 5) is 24.1. The SMILES string of the molecule is Cc1cc2oc(=O)cc(COC(=O)c3cc(S(N)(=O)=O)ccc3C)c2cc1Cl. The topological polar surface area (TPSA) is 117 Å². The summed E-state index contributed by atoms with van der Waals surface area (Å²) in [6, 6.07) is 8.40. The summed E-state index contributed by atoms with van der Waals surface area (Å²) in [5, 5.41) is 6.13. The van der Waals surface area contributed by atoms with Crippen molar-refractivity contribution >= 4 is 38.6 Å². The van der Waals surface area contributed by atoms with Gasteiger partial charge in [0.15, 0.2) is 0 Å². The highest BCUT2D eigenvalue weighted by Crippen LogP contribution is 2.26. The lowest BCUT2D eigenvalue weighted by Gasteiger charge is -2.10. The molecule has 7 nitrogen and oxygen atoms in total. The van der Waals surface area contributed by atoms with Gasteiger partial charge in [-0.15, -0.1) is 0 Å². The first-order valence-corrected chi connectivity index (χ1v) is 10.0. The molecule has 0 aliphatic heterocycles. The van der Waals surface area contributed by atoms with Crippen LogP contribution in [0.5, 0.6) is 0 Å². The normalized spacial score (nSPS) is 11.6. The maximum atomic E-state index is 12.5. The van der Waals surface area contributed by atoms with Crippen molar-refractivity contribution in [3.8, 4) is 0 Å². The number of primary sulfonamides is 1. The zero-order chi connectivity index (χ0) is 20.6. The minimum Gasteiger partial charge on any atom is -0.457 e. The molecule has 0 saturated heterocycles. The van der Waals surface area contributed by atoms with Crippen LogP contribution in [-0.4, -0.2) is 14.4 Å². The van der Waals surface area contributed by atoms with E-state index in [9.17, 15) is 18.0 Å². The molecule has 3 rings (SSSR count). The van der Waals surface area contributed by atoms with Crippen LogP contribution in [0.25, 0.3) is 11.0 Å². The number of hydrogen-bond donors (Lipinski definition) is 1. The molecule has 0 fully saturated rings. The molecule has 28 heavy (non-hydrogen) atoms. The predicted molar refractivity (Wildman–Crippen MR) is 104 cm³/mol. The standard InChI is InChI=1S/C19H16ClNO6S/c1-10-3-4-13(28(21,24)25)7-14(10)19(23)26-9-12-6-18(22)27-17-5-11(2)16(20)8-15(12)17/h3-8H,9H2,1-2H3,(H2,21,24,25). The predicted octanol–water partition coefficient (Wildman–Crippen LogP) is 3.07. The Morgan fingerprint density at radius 2 is 1.86 bits per heavy atom. The van der Waals surface area contributed by atoms with Crippen molar-refractivity contribution in [3.63, 3.8) is 0 Å². The zero-order valence-corrected chi connectivity index (χ0v) is 16.6. The Hall–Kier alpha value is -2.68. The third-order valence-electron chi connectivity index (χ3n) is 4.23. The molecule has 146 valence electrons. The second-order valence-electron chi connectivity index (χ2n) is 6.29. The minimum atomic E-state index is -3.96.